The zero-order valence-electron chi connectivity index (χ0n) is 14.4. The number of nitrogens with zero attached hydrogens (tertiary/aromatic N) is 2. The van der Waals surface area contributed by atoms with Crippen molar-refractivity contribution in [2.45, 2.75) is 55.6 Å². The molecule has 9 heteroatoms. The summed E-state index contributed by atoms with van der Waals surface area (Å²) in [6.45, 7) is 1.86. The maximum atomic E-state index is 14.4. The van der Waals surface area contributed by atoms with Crippen LogP contribution in [0.1, 0.15) is 31.2 Å². The van der Waals surface area contributed by atoms with Crippen LogP contribution in [0.25, 0.3) is 5.69 Å². The van der Waals surface area contributed by atoms with Crippen molar-refractivity contribution >= 4 is 22.4 Å². The summed E-state index contributed by atoms with van der Waals surface area (Å²) in [6, 6.07) is 4.60. The molecule has 2 N–H and O–H groups in total. The Morgan fingerprint density at radius 1 is 1.27 bits per heavy atom. The Labute approximate surface area is 158 Å². The molecule has 3 heterocycles. The highest BCUT2D eigenvalue weighted by Crippen LogP contribution is 2.28. The van der Waals surface area contributed by atoms with E-state index in [2.05, 4.69) is 15.1 Å². The lowest BCUT2D eigenvalue weighted by Crippen LogP contribution is -2.47. The second-order valence-corrected chi connectivity index (χ2v) is 8.72. The van der Waals surface area contributed by atoms with E-state index in [1.165, 1.54) is 16.8 Å². The second-order valence-electron chi connectivity index (χ2n) is 7.00. The van der Waals surface area contributed by atoms with E-state index in [1.54, 1.807) is 12.4 Å². The molecule has 4 rings (SSSR count). The van der Waals surface area contributed by atoms with Gasteiger partial charge in [-0.25, -0.2) is 22.2 Å². The predicted octanol–water partition coefficient (Wildman–Crippen LogP) is 2.30. The molecule has 2 fully saturated rings. The van der Waals surface area contributed by atoms with Gasteiger partial charge in [0, 0.05) is 24.3 Å². The summed E-state index contributed by atoms with van der Waals surface area (Å²) in [5.74, 6) is -0.614. The molecular weight excluding hydrogens is 379 g/mol. The van der Waals surface area contributed by atoms with Crippen molar-refractivity contribution in [1.82, 2.24) is 19.8 Å². The molecule has 142 valence electrons. The van der Waals surface area contributed by atoms with Crippen LogP contribution in [0, 0.1) is 12.7 Å². The van der Waals surface area contributed by atoms with Gasteiger partial charge in [0.15, 0.2) is 0 Å². The van der Waals surface area contributed by atoms with Crippen molar-refractivity contribution in [2.75, 3.05) is 0 Å². The molecule has 2 bridgehead atoms. The maximum Gasteiger partial charge on any atom is 0.240 e. The van der Waals surface area contributed by atoms with Crippen LogP contribution in [-0.2, 0) is 10.0 Å². The summed E-state index contributed by atoms with van der Waals surface area (Å²) < 4.78 is 43.8. The molecule has 6 nitrogen and oxygen atoms in total. The lowest BCUT2D eigenvalue weighted by molar-refractivity contribution is 0.345. The van der Waals surface area contributed by atoms with Crippen molar-refractivity contribution < 1.29 is 12.8 Å². The fraction of sp³-hybridized carbons (Fsp3) is 0.471. The van der Waals surface area contributed by atoms with Crippen LogP contribution in [0.5, 0.6) is 0 Å². The molecule has 0 amide bonds. The molecule has 26 heavy (non-hydrogen) atoms. The SMILES string of the molecule is Cc1cnn(-c2ccc(S(=O)(=O)NC3CC4CCC(C3)N4)cc2F)c1.Cl. The number of hydrogen-bond donors (Lipinski definition) is 2. The molecule has 2 unspecified atom stereocenters. The Balaban J connectivity index is 0.00000196. The van der Waals surface area contributed by atoms with Gasteiger partial charge < -0.3 is 5.32 Å². The standard InChI is InChI=1S/C17H21FN4O2S.ClH/c1-11-9-19-22(10-11)17-5-4-15(8-16(17)18)25(23,24)21-14-6-12-2-3-13(7-14)20-12;/h4-5,8-10,12-14,20-21H,2-3,6-7H2,1H3;1H. The lowest BCUT2D eigenvalue weighted by Gasteiger charge is -2.29. The Hall–Kier alpha value is -1.48. The van der Waals surface area contributed by atoms with Gasteiger partial charge in [0.2, 0.25) is 10.0 Å². The maximum absolute atomic E-state index is 14.4. The van der Waals surface area contributed by atoms with Gasteiger partial charge in [-0.05, 0) is 56.4 Å². The molecule has 2 aliphatic rings. The van der Waals surface area contributed by atoms with E-state index in [-0.39, 0.29) is 29.0 Å². The van der Waals surface area contributed by atoms with Gasteiger partial charge in [-0.1, -0.05) is 0 Å². The predicted molar refractivity (Wildman–Crippen MR) is 98.8 cm³/mol. The zero-order valence-corrected chi connectivity index (χ0v) is 16.0. The number of fused-ring (bicyclic) bond motifs is 2. The van der Waals surface area contributed by atoms with E-state index in [0.717, 1.165) is 37.3 Å². The average Bonchev–Trinajstić information content (AvgIpc) is 3.12. The van der Waals surface area contributed by atoms with Crippen LogP contribution in [0.4, 0.5) is 4.39 Å². The normalized spacial score (nSPS) is 25.1. The highest BCUT2D eigenvalue weighted by Gasteiger charge is 2.35. The number of aryl methyl sites for hydroxylation is 1. The van der Waals surface area contributed by atoms with Gasteiger partial charge in [0.05, 0.1) is 11.1 Å². The Morgan fingerprint density at radius 2 is 1.96 bits per heavy atom. The number of sulfonamides is 1. The smallest absolute Gasteiger partial charge is 0.240 e. The summed E-state index contributed by atoms with van der Waals surface area (Å²) in [7, 11) is -3.74. The molecule has 0 saturated carbocycles. The monoisotopic (exact) mass is 400 g/mol. The average molecular weight is 401 g/mol. The minimum absolute atomic E-state index is 0. The first-order valence-corrected chi connectivity index (χ1v) is 9.98. The molecule has 2 saturated heterocycles. The highest BCUT2D eigenvalue weighted by atomic mass is 35.5. The molecule has 2 aromatic rings. The van der Waals surface area contributed by atoms with Gasteiger partial charge in [0.1, 0.15) is 11.5 Å². The Kier molecular flexibility index (Phi) is 5.39. The molecule has 1 aromatic heterocycles. The number of hydrogen-bond acceptors (Lipinski definition) is 4. The van der Waals surface area contributed by atoms with Crippen LogP contribution < -0.4 is 10.0 Å². The minimum atomic E-state index is -3.74. The Bertz CT molecular complexity index is 890. The number of nitrogens with one attached hydrogen (secondary N) is 2. The van der Waals surface area contributed by atoms with Gasteiger partial charge in [-0.3, -0.25) is 0 Å². The number of rotatable bonds is 4. The van der Waals surface area contributed by atoms with Crippen LogP contribution in [-0.4, -0.2) is 36.3 Å². The van der Waals surface area contributed by atoms with Crippen LogP contribution in [0.15, 0.2) is 35.5 Å². The van der Waals surface area contributed by atoms with Crippen molar-refractivity contribution in [3.8, 4) is 5.69 Å². The molecule has 0 spiro atoms. The third-order valence-electron chi connectivity index (χ3n) is 4.98. The van der Waals surface area contributed by atoms with Crippen molar-refractivity contribution in [3.63, 3.8) is 0 Å². The van der Waals surface area contributed by atoms with Gasteiger partial charge in [-0.2, -0.15) is 5.10 Å². The minimum Gasteiger partial charge on any atom is -0.311 e. The fourth-order valence-corrected chi connectivity index (χ4v) is 5.10. The summed E-state index contributed by atoms with van der Waals surface area (Å²) in [4.78, 5) is -0.0523. The summed E-state index contributed by atoms with van der Waals surface area (Å²) in [6.07, 6.45) is 7.06. The molecule has 1 aromatic carbocycles. The van der Waals surface area contributed by atoms with E-state index >= 15 is 0 Å². The van der Waals surface area contributed by atoms with Crippen molar-refractivity contribution in [3.05, 3.63) is 42.0 Å². The summed E-state index contributed by atoms with van der Waals surface area (Å²) in [5, 5.41) is 7.54. The lowest BCUT2D eigenvalue weighted by atomic mass is 10.0. The topological polar surface area (TPSA) is 76.0 Å². The van der Waals surface area contributed by atoms with E-state index in [9.17, 15) is 12.8 Å². The molecule has 0 aliphatic carbocycles. The Morgan fingerprint density at radius 3 is 2.54 bits per heavy atom. The molecular formula is C17H22ClFN4O2S. The quantitative estimate of drug-likeness (QED) is 0.825. The van der Waals surface area contributed by atoms with Crippen LogP contribution in [0.2, 0.25) is 0 Å². The van der Waals surface area contributed by atoms with Gasteiger partial charge in [-0.15, -0.1) is 12.4 Å². The largest absolute Gasteiger partial charge is 0.311 e. The third-order valence-corrected chi connectivity index (χ3v) is 6.50. The summed E-state index contributed by atoms with van der Waals surface area (Å²) in [5.41, 5.74) is 1.13. The van der Waals surface area contributed by atoms with Crippen molar-refractivity contribution in [1.29, 1.82) is 0 Å². The molecule has 2 aliphatic heterocycles. The van der Waals surface area contributed by atoms with Gasteiger partial charge >= 0.3 is 0 Å². The fourth-order valence-electron chi connectivity index (χ4n) is 3.83. The number of benzene rings is 1. The summed E-state index contributed by atoms with van der Waals surface area (Å²) >= 11 is 0. The molecule has 2 atom stereocenters. The van der Waals surface area contributed by atoms with E-state index < -0.39 is 15.8 Å². The molecule has 0 radical (unpaired) electrons. The zero-order chi connectivity index (χ0) is 17.6. The second kappa shape index (κ2) is 7.26. The van der Waals surface area contributed by atoms with E-state index in [0.29, 0.717) is 12.1 Å². The first-order chi connectivity index (χ1) is 11.9. The highest BCUT2D eigenvalue weighted by molar-refractivity contribution is 7.89. The van der Waals surface area contributed by atoms with Crippen LogP contribution in [0.3, 0.4) is 0 Å². The van der Waals surface area contributed by atoms with E-state index in [4.69, 9.17) is 0 Å². The number of halogens is 2. The first kappa shape index (κ1) is 19.3. The first-order valence-electron chi connectivity index (χ1n) is 8.50. The van der Waals surface area contributed by atoms with Gasteiger partial charge in [0.25, 0.3) is 0 Å². The number of piperidine rings is 1. The number of aromatic nitrogens is 2. The third kappa shape index (κ3) is 3.78. The van der Waals surface area contributed by atoms with Crippen molar-refractivity contribution in [2.24, 2.45) is 0 Å². The van der Waals surface area contributed by atoms with Crippen LogP contribution >= 0.6 is 12.4 Å². The van der Waals surface area contributed by atoms with E-state index in [1.807, 2.05) is 6.92 Å².